The van der Waals surface area contributed by atoms with Gasteiger partial charge in [0.25, 0.3) is 0 Å². The number of rotatable bonds is 1. The number of aryl methyl sites for hydroxylation is 2. The third-order valence-corrected chi connectivity index (χ3v) is 2.59. The first-order valence-electron chi connectivity index (χ1n) is 4.11. The van der Waals surface area contributed by atoms with Gasteiger partial charge in [0.05, 0.1) is 0 Å². The van der Waals surface area contributed by atoms with E-state index >= 15 is 0 Å². The fraction of sp³-hybridized carbons (Fsp3) is 0.222. The highest BCUT2D eigenvalue weighted by Crippen LogP contribution is 2.17. The van der Waals surface area contributed by atoms with Gasteiger partial charge in [0.15, 0.2) is 6.29 Å². The Labute approximate surface area is 89.1 Å². The molecule has 0 aliphatic rings. The molecule has 0 spiro atoms. The summed E-state index contributed by atoms with van der Waals surface area (Å²) >= 11 is 3.23. The van der Waals surface area contributed by atoms with Crippen LogP contribution in [0.4, 0.5) is 0 Å². The quantitative estimate of drug-likeness (QED) is 0.730. The number of imidazole rings is 1. The van der Waals surface area contributed by atoms with E-state index in [1.165, 1.54) is 0 Å². The van der Waals surface area contributed by atoms with Gasteiger partial charge in [0.2, 0.25) is 5.78 Å². The van der Waals surface area contributed by atoms with Crippen LogP contribution in [0, 0.1) is 13.8 Å². The van der Waals surface area contributed by atoms with Gasteiger partial charge in [-0.15, -0.1) is 0 Å². The Morgan fingerprint density at radius 3 is 2.79 bits per heavy atom. The van der Waals surface area contributed by atoms with Crippen LogP contribution in [-0.4, -0.2) is 20.7 Å². The van der Waals surface area contributed by atoms with Crippen molar-refractivity contribution >= 4 is 28.0 Å². The summed E-state index contributed by atoms with van der Waals surface area (Å²) in [5.41, 5.74) is 2.35. The van der Waals surface area contributed by atoms with Crippen molar-refractivity contribution in [3.05, 3.63) is 27.8 Å². The van der Waals surface area contributed by atoms with Crippen LogP contribution in [0.5, 0.6) is 0 Å². The van der Waals surface area contributed by atoms with Crippen LogP contribution in [0.25, 0.3) is 5.78 Å². The van der Waals surface area contributed by atoms with E-state index in [0.717, 1.165) is 17.7 Å². The number of carbonyl (C=O) groups is 1. The molecule has 0 aromatic carbocycles. The number of aldehydes is 1. The number of nitrogens with zero attached hydrogens (tertiary/aromatic N) is 3. The second-order valence-electron chi connectivity index (χ2n) is 3.08. The molecule has 0 fully saturated rings. The van der Waals surface area contributed by atoms with Crippen LogP contribution in [0.1, 0.15) is 21.9 Å². The molecule has 4 nitrogen and oxygen atoms in total. The molecular weight excluding hydrogens is 246 g/mol. The first kappa shape index (κ1) is 9.33. The number of halogens is 1. The molecular formula is C9H8BrN3O. The standard InChI is InChI=1S/C9H8BrN3O/c1-5-3-6(2)13-7(4-14)8(10)12-9(13)11-5/h3-4H,1-2H3. The van der Waals surface area contributed by atoms with Crippen molar-refractivity contribution in [3.8, 4) is 0 Å². The Hall–Kier alpha value is -1.23. The van der Waals surface area contributed by atoms with Crippen LogP contribution in [0.15, 0.2) is 10.7 Å². The summed E-state index contributed by atoms with van der Waals surface area (Å²) in [5, 5.41) is 0. The molecule has 14 heavy (non-hydrogen) atoms. The predicted octanol–water partition coefficient (Wildman–Crippen LogP) is 1.92. The summed E-state index contributed by atoms with van der Waals surface area (Å²) in [6.07, 6.45) is 0.772. The monoisotopic (exact) mass is 253 g/mol. The summed E-state index contributed by atoms with van der Waals surface area (Å²) in [6, 6.07) is 1.91. The average molecular weight is 254 g/mol. The Balaban J connectivity index is 2.95. The first-order valence-corrected chi connectivity index (χ1v) is 4.90. The van der Waals surface area contributed by atoms with E-state index in [0.29, 0.717) is 16.1 Å². The van der Waals surface area contributed by atoms with Gasteiger partial charge in [-0.1, -0.05) is 0 Å². The molecule has 0 radical (unpaired) electrons. The lowest BCUT2D eigenvalue weighted by Crippen LogP contribution is -1.99. The molecule has 0 saturated carbocycles. The normalized spacial score (nSPS) is 10.8. The summed E-state index contributed by atoms with van der Waals surface area (Å²) in [4.78, 5) is 19.2. The van der Waals surface area contributed by atoms with Crippen molar-refractivity contribution in [2.24, 2.45) is 0 Å². The van der Waals surface area contributed by atoms with E-state index in [9.17, 15) is 4.79 Å². The molecule has 0 aliphatic carbocycles. The molecule has 2 rings (SSSR count). The molecule has 2 heterocycles. The largest absolute Gasteiger partial charge is 0.296 e. The number of aromatic nitrogens is 3. The maximum Gasteiger partial charge on any atom is 0.235 e. The Bertz CT molecular complexity index is 518. The van der Waals surface area contributed by atoms with Gasteiger partial charge in [0, 0.05) is 11.4 Å². The third kappa shape index (κ3) is 1.24. The fourth-order valence-electron chi connectivity index (χ4n) is 1.48. The van der Waals surface area contributed by atoms with Crippen molar-refractivity contribution in [3.63, 3.8) is 0 Å². The molecule has 0 N–H and O–H groups in total. The number of fused-ring (bicyclic) bond motifs is 1. The van der Waals surface area contributed by atoms with E-state index < -0.39 is 0 Å². The molecule has 0 saturated heterocycles. The number of carbonyl (C=O) groups excluding carboxylic acids is 1. The molecule has 2 aromatic heterocycles. The molecule has 0 amide bonds. The summed E-state index contributed by atoms with van der Waals surface area (Å²) in [6.45, 7) is 3.82. The second-order valence-corrected chi connectivity index (χ2v) is 3.83. The lowest BCUT2D eigenvalue weighted by atomic mass is 10.3. The zero-order valence-corrected chi connectivity index (χ0v) is 9.37. The van der Waals surface area contributed by atoms with Gasteiger partial charge >= 0.3 is 0 Å². The van der Waals surface area contributed by atoms with Gasteiger partial charge in [-0.2, -0.15) is 0 Å². The predicted molar refractivity (Wildman–Crippen MR) is 55.5 cm³/mol. The van der Waals surface area contributed by atoms with E-state index in [4.69, 9.17) is 0 Å². The zero-order chi connectivity index (χ0) is 10.3. The first-order chi connectivity index (χ1) is 6.63. The van der Waals surface area contributed by atoms with E-state index in [-0.39, 0.29) is 0 Å². The van der Waals surface area contributed by atoms with Crippen molar-refractivity contribution in [1.82, 2.24) is 14.4 Å². The smallest absolute Gasteiger partial charge is 0.235 e. The Morgan fingerprint density at radius 1 is 1.43 bits per heavy atom. The topological polar surface area (TPSA) is 47.3 Å². The highest BCUT2D eigenvalue weighted by molar-refractivity contribution is 9.10. The lowest BCUT2D eigenvalue weighted by molar-refractivity contribution is 0.111. The minimum atomic E-state index is 0.505. The van der Waals surface area contributed by atoms with E-state index in [2.05, 4.69) is 25.9 Å². The molecule has 0 unspecified atom stereocenters. The van der Waals surface area contributed by atoms with E-state index in [1.54, 1.807) is 4.40 Å². The highest BCUT2D eigenvalue weighted by atomic mass is 79.9. The second kappa shape index (κ2) is 3.16. The van der Waals surface area contributed by atoms with Crippen LogP contribution in [0.3, 0.4) is 0 Å². The molecule has 0 aliphatic heterocycles. The van der Waals surface area contributed by atoms with Gasteiger partial charge in [0.1, 0.15) is 10.3 Å². The molecule has 0 atom stereocenters. The average Bonchev–Trinajstić information content (AvgIpc) is 2.40. The van der Waals surface area contributed by atoms with Crippen LogP contribution in [0.2, 0.25) is 0 Å². The molecule has 0 bridgehead atoms. The van der Waals surface area contributed by atoms with Crippen molar-refractivity contribution in [2.75, 3.05) is 0 Å². The third-order valence-electron chi connectivity index (χ3n) is 2.01. The summed E-state index contributed by atoms with van der Waals surface area (Å²) in [7, 11) is 0. The van der Waals surface area contributed by atoms with Gasteiger partial charge < -0.3 is 0 Å². The van der Waals surface area contributed by atoms with Crippen molar-refractivity contribution in [2.45, 2.75) is 13.8 Å². The van der Waals surface area contributed by atoms with Gasteiger partial charge in [-0.05, 0) is 35.8 Å². The molecule has 72 valence electrons. The highest BCUT2D eigenvalue weighted by Gasteiger charge is 2.11. The SMILES string of the molecule is Cc1cc(C)n2c(C=O)c(Br)nc2n1. The van der Waals surface area contributed by atoms with Crippen molar-refractivity contribution < 1.29 is 4.79 Å². The van der Waals surface area contributed by atoms with Crippen LogP contribution in [-0.2, 0) is 0 Å². The fourth-order valence-corrected chi connectivity index (χ4v) is 1.91. The minimum Gasteiger partial charge on any atom is -0.296 e. The maximum absolute atomic E-state index is 10.8. The molecule has 5 heteroatoms. The maximum atomic E-state index is 10.8. The molecule has 2 aromatic rings. The minimum absolute atomic E-state index is 0.505. The van der Waals surface area contributed by atoms with Gasteiger partial charge in [-0.25, -0.2) is 9.97 Å². The van der Waals surface area contributed by atoms with Crippen LogP contribution < -0.4 is 0 Å². The lowest BCUT2D eigenvalue weighted by Gasteiger charge is -2.01. The Morgan fingerprint density at radius 2 is 2.14 bits per heavy atom. The zero-order valence-electron chi connectivity index (χ0n) is 7.78. The summed E-state index contributed by atoms with van der Waals surface area (Å²) in [5.74, 6) is 0.552. The number of hydrogen-bond donors (Lipinski definition) is 0. The Kier molecular flexibility index (Phi) is 2.11. The summed E-state index contributed by atoms with van der Waals surface area (Å²) < 4.78 is 2.26. The number of hydrogen-bond acceptors (Lipinski definition) is 3. The van der Waals surface area contributed by atoms with Crippen molar-refractivity contribution in [1.29, 1.82) is 0 Å². The van der Waals surface area contributed by atoms with Gasteiger partial charge in [-0.3, -0.25) is 9.20 Å². The van der Waals surface area contributed by atoms with E-state index in [1.807, 2.05) is 19.9 Å². The van der Waals surface area contributed by atoms with Crippen LogP contribution >= 0.6 is 15.9 Å².